The van der Waals surface area contributed by atoms with Crippen LogP contribution in [0.4, 0.5) is 8.78 Å². The minimum absolute atomic E-state index is 0.153. The first kappa shape index (κ1) is 18.5. The Kier molecular flexibility index (Phi) is 4.56. The number of nitrogens with zero attached hydrogens (tertiary/aromatic N) is 1. The van der Waals surface area contributed by atoms with Gasteiger partial charge in [0.15, 0.2) is 0 Å². The minimum atomic E-state index is -4.08. The van der Waals surface area contributed by atoms with Gasteiger partial charge in [0, 0.05) is 0 Å². The molecule has 27 heavy (non-hydrogen) atoms. The maximum absolute atomic E-state index is 13.8. The Morgan fingerprint density at radius 2 is 1.67 bits per heavy atom. The van der Waals surface area contributed by atoms with Crippen molar-refractivity contribution in [2.45, 2.75) is 54.7 Å². The molecular weight excluding hydrogens is 372 g/mol. The van der Waals surface area contributed by atoms with Crippen LogP contribution in [0.2, 0.25) is 0 Å². The number of hydrogen-bond donors (Lipinski definition) is 1. The molecule has 7 heteroatoms. The highest BCUT2D eigenvalue weighted by Crippen LogP contribution is 2.50. The maximum atomic E-state index is 13.8. The Balaban J connectivity index is 1.83. The summed E-state index contributed by atoms with van der Waals surface area (Å²) >= 11 is 0. The summed E-state index contributed by atoms with van der Waals surface area (Å²) < 4.78 is 55.7. The number of aliphatic hydroxyl groups is 1. The summed E-state index contributed by atoms with van der Waals surface area (Å²) in [5.41, 5.74) is -0.518. The Hall–Kier alpha value is -1.83. The molecule has 144 valence electrons. The van der Waals surface area contributed by atoms with Crippen molar-refractivity contribution in [1.29, 1.82) is 0 Å². The fraction of sp³-hybridized carbons (Fsp3) is 0.400. The van der Waals surface area contributed by atoms with E-state index in [1.165, 1.54) is 34.6 Å². The molecule has 2 aromatic carbocycles. The third-order valence-electron chi connectivity index (χ3n) is 5.56. The van der Waals surface area contributed by atoms with Crippen molar-refractivity contribution in [3.63, 3.8) is 0 Å². The van der Waals surface area contributed by atoms with Crippen LogP contribution in [0.25, 0.3) is 0 Å². The molecule has 0 aromatic heterocycles. The number of benzene rings is 2. The van der Waals surface area contributed by atoms with Crippen molar-refractivity contribution in [2.75, 3.05) is 0 Å². The molecular formula is C20H21F2NO3S. The number of hydrogen-bond acceptors (Lipinski definition) is 3. The molecule has 2 fully saturated rings. The highest BCUT2D eigenvalue weighted by molar-refractivity contribution is 7.89. The van der Waals surface area contributed by atoms with E-state index in [4.69, 9.17) is 0 Å². The smallest absolute Gasteiger partial charge is 0.244 e. The van der Waals surface area contributed by atoms with Gasteiger partial charge in [-0.1, -0.05) is 18.2 Å². The fourth-order valence-corrected chi connectivity index (χ4v) is 6.01. The van der Waals surface area contributed by atoms with E-state index in [0.29, 0.717) is 31.2 Å². The molecule has 1 unspecified atom stereocenters. The molecule has 4 nitrogen and oxygen atoms in total. The van der Waals surface area contributed by atoms with Crippen LogP contribution in [0, 0.1) is 11.6 Å². The Morgan fingerprint density at radius 3 is 2.30 bits per heavy atom. The summed E-state index contributed by atoms with van der Waals surface area (Å²) in [4.78, 5) is -0.153. The van der Waals surface area contributed by atoms with E-state index in [1.54, 1.807) is 12.1 Å². The SMILES string of the molecule is O=S(=O)(c1cccc(F)c1)N1C(C2(O)CC2)CCC[C@H]1c1cccc(F)c1. The van der Waals surface area contributed by atoms with Gasteiger partial charge in [-0.2, -0.15) is 4.31 Å². The fourth-order valence-electron chi connectivity index (χ4n) is 4.05. The van der Waals surface area contributed by atoms with E-state index in [1.807, 2.05) is 0 Å². The van der Waals surface area contributed by atoms with Crippen LogP contribution in [0.1, 0.15) is 43.7 Å². The van der Waals surface area contributed by atoms with Gasteiger partial charge < -0.3 is 5.11 Å². The molecule has 0 bridgehead atoms. The van der Waals surface area contributed by atoms with Crippen molar-refractivity contribution in [3.05, 3.63) is 65.7 Å². The first-order valence-electron chi connectivity index (χ1n) is 9.08. The molecule has 0 spiro atoms. The van der Waals surface area contributed by atoms with Crippen LogP contribution in [0.15, 0.2) is 53.4 Å². The maximum Gasteiger partial charge on any atom is 0.244 e. The van der Waals surface area contributed by atoms with E-state index in [9.17, 15) is 22.3 Å². The van der Waals surface area contributed by atoms with Crippen LogP contribution in [0.3, 0.4) is 0 Å². The van der Waals surface area contributed by atoms with E-state index >= 15 is 0 Å². The van der Waals surface area contributed by atoms with Crippen molar-refractivity contribution in [1.82, 2.24) is 4.31 Å². The van der Waals surface area contributed by atoms with E-state index in [-0.39, 0.29) is 4.90 Å². The van der Waals surface area contributed by atoms with E-state index in [2.05, 4.69) is 0 Å². The largest absolute Gasteiger partial charge is 0.388 e. The van der Waals surface area contributed by atoms with Gasteiger partial charge in [-0.3, -0.25) is 0 Å². The second-order valence-corrected chi connectivity index (χ2v) is 9.26. The van der Waals surface area contributed by atoms with Crippen LogP contribution < -0.4 is 0 Å². The molecule has 4 rings (SSSR count). The molecule has 2 aromatic rings. The highest BCUT2D eigenvalue weighted by Gasteiger charge is 2.55. The summed E-state index contributed by atoms with van der Waals surface area (Å²) in [5, 5.41) is 10.8. The number of halogens is 2. The average molecular weight is 393 g/mol. The molecule has 1 aliphatic carbocycles. The second kappa shape index (κ2) is 6.65. The zero-order chi connectivity index (χ0) is 19.2. The Morgan fingerprint density at radius 1 is 1.00 bits per heavy atom. The lowest BCUT2D eigenvalue weighted by Gasteiger charge is -2.43. The molecule has 1 N–H and O–H groups in total. The number of sulfonamides is 1. The lowest BCUT2D eigenvalue weighted by molar-refractivity contribution is 0.0267. The van der Waals surface area contributed by atoms with Gasteiger partial charge in [-0.05, 0) is 68.0 Å². The quantitative estimate of drug-likeness (QED) is 0.860. The van der Waals surface area contributed by atoms with Crippen LogP contribution in [-0.4, -0.2) is 29.5 Å². The lowest BCUT2D eigenvalue weighted by atomic mass is 9.90. The molecule has 0 radical (unpaired) electrons. The second-order valence-electron chi connectivity index (χ2n) is 7.41. The van der Waals surface area contributed by atoms with Crippen LogP contribution >= 0.6 is 0 Å². The molecule has 2 aliphatic rings. The van der Waals surface area contributed by atoms with Gasteiger partial charge in [0.25, 0.3) is 0 Å². The summed E-state index contributed by atoms with van der Waals surface area (Å²) in [7, 11) is -4.08. The Bertz CT molecular complexity index is 959. The van der Waals surface area contributed by atoms with E-state index < -0.39 is 39.3 Å². The molecule has 1 heterocycles. The molecule has 2 atom stereocenters. The summed E-state index contributed by atoms with van der Waals surface area (Å²) in [6.07, 6.45) is 2.83. The molecule has 0 amide bonds. The predicted octanol–water partition coefficient (Wildman–Crippen LogP) is 3.77. The third kappa shape index (κ3) is 3.39. The molecule has 1 saturated carbocycles. The first-order chi connectivity index (χ1) is 12.8. The predicted molar refractivity (Wildman–Crippen MR) is 96.4 cm³/mol. The van der Waals surface area contributed by atoms with Gasteiger partial charge in [-0.15, -0.1) is 0 Å². The third-order valence-corrected chi connectivity index (χ3v) is 7.47. The zero-order valence-corrected chi connectivity index (χ0v) is 15.5. The van der Waals surface area contributed by atoms with Gasteiger partial charge in [-0.25, -0.2) is 17.2 Å². The zero-order valence-electron chi connectivity index (χ0n) is 14.7. The first-order valence-corrected chi connectivity index (χ1v) is 10.5. The standard InChI is InChI=1S/C20H21F2NO3S/c21-15-5-1-4-14(12-15)18-8-3-9-19(20(24)10-11-20)23(18)27(25,26)17-7-2-6-16(22)13-17/h1-2,4-7,12-13,18-19,24H,3,8-11H2/t18-,19?/m0/s1. The number of piperidine rings is 1. The monoisotopic (exact) mass is 393 g/mol. The summed E-state index contributed by atoms with van der Waals surface area (Å²) in [6.45, 7) is 0. The molecule has 1 aliphatic heterocycles. The van der Waals surface area contributed by atoms with Gasteiger partial charge in [0.2, 0.25) is 10.0 Å². The van der Waals surface area contributed by atoms with Crippen molar-refractivity contribution >= 4 is 10.0 Å². The normalized spacial score (nSPS) is 25.3. The minimum Gasteiger partial charge on any atom is -0.388 e. The average Bonchev–Trinajstić information content (AvgIpc) is 3.40. The topological polar surface area (TPSA) is 57.6 Å². The summed E-state index contributed by atoms with van der Waals surface area (Å²) in [6, 6.07) is 9.56. The molecule has 1 saturated heterocycles. The number of rotatable bonds is 4. The van der Waals surface area contributed by atoms with Gasteiger partial charge in [0.05, 0.1) is 22.6 Å². The van der Waals surface area contributed by atoms with Gasteiger partial charge >= 0.3 is 0 Å². The van der Waals surface area contributed by atoms with E-state index in [0.717, 1.165) is 12.5 Å². The van der Waals surface area contributed by atoms with Crippen molar-refractivity contribution in [2.24, 2.45) is 0 Å². The summed E-state index contributed by atoms with van der Waals surface area (Å²) in [5.74, 6) is -1.08. The van der Waals surface area contributed by atoms with Crippen LogP contribution in [-0.2, 0) is 10.0 Å². The van der Waals surface area contributed by atoms with Crippen molar-refractivity contribution < 1.29 is 22.3 Å². The lowest BCUT2D eigenvalue weighted by Crippen LogP contribution is -2.52. The van der Waals surface area contributed by atoms with Crippen molar-refractivity contribution in [3.8, 4) is 0 Å². The highest BCUT2D eigenvalue weighted by atomic mass is 32.2. The van der Waals surface area contributed by atoms with Crippen LogP contribution in [0.5, 0.6) is 0 Å². The van der Waals surface area contributed by atoms with Gasteiger partial charge in [0.1, 0.15) is 11.6 Å². The Labute approximate surface area is 157 Å².